The molecule has 0 saturated carbocycles. The molecule has 1 saturated heterocycles. The van der Waals surface area contributed by atoms with E-state index in [1.165, 1.54) is 0 Å². The number of fused-ring (bicyclic) bond motifs is 1. The summed E-state index contributed by atoms with van der Waals surface area (Å²) in [6, 6.07) is 5.43. The SMILES string of the molecule is CCCCNC(=O)c1nc(C(=O)NCC2CCCO2)n2ccccc12. The molecule has 1 aliphatic heterocycles. The first-order valence-electron chi connectivity index (χ1n) is 8.85. The number of aromatic nitrogens is 2. The highest BCUT2D eigenvalue weighted by Crippen LogP contribution is 2.14. The molecule has 2 amide bonds. The molecule has 25 heavy (non-hydrogen) atoms. The van der Waals surface area contributed by atoms with Crippen molar-refractivity contribution in [1.29, 1.82) is 0 Å². The van der Waals surface area contributed by atoms with Crippen LogP contribution in [0.3, 0.4) is 0 Å². The predicted molar refractivity (Wildman–Crippen MR) is 93.7 cm³/mol. The summed E-state index contributed by atoms with van der Waals surface area (Å²) in [6.07, 6.45) is 5.69. The lowest BCUT2D eigenvalue weighted by atomic mass is 10.2. The van der Waals surface area contributed by atoms with Gasteiger partial charge in [-0.05, 0) is 31.4 Å². The summed E-state index contributed by atoms with van der Waals surface area (Å²) in [5.74, 6) is -0.339. The quantitative estimate of drug-likeness (QED) is 0.750. The van der Waals surface area contributed by atoms with Gasteiger partial charge in [-0.3, -0.25) is 14.0 Å². The molecule has 1 unspecified atom stereocenters. The first-order valence-corrected chi connectivity index (χ1v) is 8.85. The highest BCUT2D eigenvalue weighted by atomic mass is 16.5. The van der Waals surface area contributed by atoms with E-state index < -0.39 is 0 Å². The molecule has 3 heterocycles. The van der Waals surface area contributed by atoms with Gasteiger partial charge in [0.2, 0.25) is 5.82 Å². The van der Waals surface area contributed by atoms with E-state index in [1.807, 2.05) is 12.1 Å². The summed E-state index contributed by atoms with van der Waals surface area (Å²) in [5, 5.41) is 5.71. The van der Waals surface area contributed by atoms with Crippen LogP contribution in [0.2, 0.25) is 0 Å². The monoisotopic (exact) mass is 344 g/mol. The van der Waals surface area contributed by atoms with Crippen molar-refractivity contribution in [3.63, 3.8) is 0 Å². The highest BCUT2D eigenvalue weighted by Gasteiger charge is 2.22. The topological polar surface area (TPSA) is 84.7 Å². The van der Waals surface area contributed by atoms with Gasteiger partial charge in [-0.1, -0.05) is 19.4 Å². The minimum atomic E-state index is -0.302. The number of amides is 2. The maximum absolute atomic E-state index is 12.5. The number of nitrogens with zero attached hydrogens (tertiary/aromatic N) is 2. The van der Waals surface area contributed by atoms with Crippen molar-refractivity contribution < 1.29 is 14.3 Å². The molecule has 134 valence electrons. The minimum Gasteiger partial charge on any atom is -0.376 e. The largest absolute Gasteiger partial charge is 0.376 e. The molecule has 1 aliphatic rings. The number of hydrogen-bond acceptors (Lipinski definition) is 4. The van der Waals surface area contributed by atoms with Crippen LogP contribution in [-0.2, 0) is 4.74 Å². The fourth-order valence-electron chi connectivity index (χ4n) is 2.92. The van der Waals surface area contributed by atoms with Gasteiger partial charge in [-0.25, -0.2) is 4.98 Å². The summed E-state index contributed by atoms with van der Waals surface area (Å²) < 4.78 is 7.17. The Morgan fingerprint density at radius 1 is 1.32 bits per heavy atom. The molecule has 3 rings (SSSR count). The second kappa shape index (κ2) is 8.11. The van der Waals surface area contributed by atoms with Crippen LogP contribution in [-0.4, -0.2) is 47.0 Å². The van der Waals surface area contributed by atoms with Crippen LogP contribution >= 0.6 is 0 Å². The average molecular weight is 344 g/mol. The minimum absolute atomic E-state index is 0.0620. The van der Waals surface area contributed by atoms with Crippen LogP contribution in [0.15, 0.2) is 24.4 Å². The number of hydrogen-bond donors (Lipinski definition) is 2. The van der Waals surface area contributed by atoms with E-state index in [1.54, 1.807) is 16.7 Å². The Kier molecular flexibility index (Phi) is 5.65. The molecule has 0 spiro atoms. The number of imidazole rings is 1. The average Bonchev–Trinajstić information content (AvgIpc) is 3.27. The Morgan fingerprint density at radius 2 is 2.20 bits per heavy atom. The molecular weight excluding hydrogens is 320 g/mol. The molecule has 1 fully saturated rings. The Hall–Kier alpha value is -2.41. The van der Waals surface area contributed by atoms with Crippen LogP contribution in [0.25, 0.3) is 5.52 Å². The maximum Gasteiger partial charge on any atom is 0.287 e. The number of nitrogens with one attached hydrogen (secondary N) is 2. The van der Waals surface area contributed by atoms with Crippen LogP contribution in [0.1, 0.15) is 53.7 Å². The standard InChI is InChI=1S/C18H24N4O3/c1-2-3-9-19-17(23)15-14-8-4-5-10-22(14)16(21-15)18(24)20-12-13-7-6-11-25-13/h4-5,8,10,13H,2-3,6-7,9,11-12H2,1H3,(H,19,23)(H,20,24). The predicted octanol–water partition coefficient (Wildman–Crippen LogP) is 1.77. The zero-order chi connectivity index (χ0) is 17.6. The third kappa shape index (κ3) is 3.99. The number of carbonyl (C=O) groups is 2. The highest BCUT2D eigenvalue weighted by molar-refractivity contribution is 6.02. The summed E-state index contributed by atoms with van der Waals surface area (Å²) >= 11 is 0. The summed E-state index contributed by atoms with van der Waals surface area (Å²) in [5.41, 5.74) is 0.901. The van der Waals surface area contributed by atoms with Crippen molar-refractivity contribution in [3.8, 4) is 0 Å². The molecule has 2 aromatic heterocycles. The number of ether oxygens (including phenoxy) is 1. The summed E-state index contributed by atoms with van der Waals surface area (Å²) in [6.45, 7) is 3.87. The second-order valence-corrected chi connectivity index (χ2v) is 6.19. The Bertz CT molecular complexity index is 750. The Balaban J connectivity index is 1.78. The summed E-state index contributed by atoms with van der Waals surface area (Å²) in [7, 11) is 0. The van der Waals surface area contributed by atoms with Crippen molar-refractivity contribution in [2.75, 3.05) is 19.7 Å². The molecule has 0 aromatic carbocycles. The Labute approximate surface area is 146 Å². The normalized spacial score (nSPS) is 16.9. The van der Waals surface area contributed by atoms with E-state index in [9.17, 15) is 9.59 Å². The van der Waals surface area contributed by atoms with E-state index in [0.29, 0.717) is 18.6 Å². The van der Waals surface area contributed by atoms with Gasteiger partial charge in [0.15, 0.2) is 5.69 Å². The van der Waals surface area contributed by atoms with E-state index >= 15 is 0 Å². The first-order chi connectivity index (χ1) is 12.2. The third-order valence-corrected chi connectivity index (χ3v) is 4.30. The van der Waals surface area contributed by atoms with Crippen molar-refractivity contribution in [3.05, 3.63) is 35.9 Å². The molecule has 0 bridgehead atoms. The van der Waals surface area contributed by atoms with E-state index in [0.717, 1.165) is 32.3 Å². The lowest BCUT2D eigenvalue weighted by molar-refractivity contribution is 0.0848. The molecule has 0 radical (unpaired) electrons. The van der Waals surface area contributed by atoms with Gasteiger partial charge in [-0.15, -0.1) is 0 Å². The Morgan fingerprint density at radius 3 is 2.96 bits per heavy atom. The van der Waals surface area contributed by atoms with E-state index in [4.69, 9.17) is 4.74 Å². The van der Waals surface area contributed by atoms with Gasteiger partial charge < -0.3 is 15.4 Å². The van der Waals surface area contributed by atoms with Gasteiger partial charge in [0, 0.05) is 25.9 Å². The number of unbranched alkanes of at least 4 members (excludes halogenated alkanes) is 1. The number of carbonyl (C=O) groups excluding carboxylic acids is 2. The van der Waals surface area contributed by atoms with Crippen LogP contribution < -0.4 is 10.6 Å². The van der Waals surface area contributed by atoms with Crippen molar-refractivity contribution in [1.82, 2.24) is 20.0 Å². The zero-order valence-corrected chi connectivity index (χ0v) is 14.5. The van der Waals surface area contributed by atoms with Crippen LogP contribution in [0, 0.1) is 0 Å². The molecular formula is C18H24N4O3. The first kappa shape index (κ1) is 17.4. The van der Waals surface area contributed by atoms with Gasteiger partial charge >= 0.3 is 0 Å². The van der Waals surface area contributed by atoms with Gasteiger partial charge in [0.25, 0.3) is 11.8 Å². The van der Waals surface area contributed by atoms with Crippen molar-refractivity contribution in [2.24, 2.45) is 0 Å². The molecule has 1 atom stereocenters. The molecule has 7 heteroatoms. The van der Waals surface area contributed by atoms with Crippen molar-refractivity contribution in [2.45, 2.75) is 38.7 Å². The van der Waals surface area contributed by atoms with Gasteiger partial charge in [0.05, 0.1) is 11.6 Å². The summed E-state index contributed by atoms with van der Waals surface area (Å²) in [4.78, 5) is 29.2. The molecule has 0 aliphatic carbocycles. The lowest BCUT2D eigenvalue weighted by Gasteiger charge is -2.10. The lowest BCUT2D eigenvalue weighted by Crippen LogP contribution is -2.33. The number of rotatable bonds is 7. The van der Waals surface area contributed by atoms with E-state index in [-0.39, 0.29) is 29.4 Å². The fourth-order valence-corrected chi connectivity index (χ4v) is 2.92. The smallest absolute Gasteiger partial charge is 0.287 e. The van der Waals surface area contributed by atoms with Gasteiger partial charge in [0.1, 0.15) is 0 Å². The fraction of sp³-hybridized carbons (Fsp3) is 0.500. The third-order valence-electron chi connectivity index (χ3n) is 4.30. The van der Waals surface area contributed by atoms with Gasteiger partial charge in [-0.2, -0.15) is 0 Å². The van der Waals surface area contributed by atoms with Crippen LogP contribution in [0.5, 0.6) is 0 Å². The molecule has 2 N–H and O–H groups in total. The molecule has 2 aromatic rings. The second-order valence-electron chi connectivity index (χ2n) is 6.19. The molecule has 7 nitrogen and oxygen atoms in total. The van der Waals surface area contributed by atoms with E-state index in [2.05, 4.69) is 22.5 Å². The maximum atomic E-state index is 12.5. The van der Waals surface area contributed by atoms with Crippen molar-refractivity contribution >= 4 is 17.3 Å². The zero-order valence-electron chi connectivity index (χ0n) is 14.5. The van der Waals surface area contributed by atoms with Crippen LogP contribution in [0.4, 0.5) is 0 Å². The number of pyridine rings is 1.